The summed E-state index contributed by atoms with van der Waals surface area (Å²) >= 11 is 0. The minimum Gasteiger partial charge on any atom is -0.495 e. The Morgan fingerprint density at radius 3 is 2.48 bits per heavy atom. The second-order valence-electron chi connectivity index (χ2n) is 8.03. The van der Waals surface area contributed by atoms with Gasteiger partial charge in [-0.15, -0.1) is 0 Å². The normalized spacial score (nSPS) is 17.5. The first-order chi connectivity index (χ1) is 15.5. The maximum atomic E-state index is 13.3. The summed E-state index contributed by atoms with van der Waals surface area (Å²) in [5, 5.41) is 2.78. The van der Waals surface area contributed by atoms with Gasteiger partial charge in [0.2, 0.25) is 26.0 Å². The predicted octanol–water partition coefficient (Wildman–Crippen LogP) is 2.26. The smallest absolute Gasteiger partial charge is 0.246 e. The lowest BCUT2D eigenvalue weighted by Crippen LogP contribution is -2.43. The first-order valence-electron chi connectivity index (χ1n) is 10.5. The average molecular weight is 496 g/mol. The molecule has 1 heterocycles. The van der Waals surface area contributed by atoms with E-state index in [-0.39, 0.29) is 28.0 Å². The summed E-state index contributed by atoms with van der Waals surface area (Å²) in [5.74, 6) is -0.674. The maximum absolute atomic E-state index is 13.3. The number of hydrogen-bond donors (Lipinski definition) is 2. The van der Waals surface area contributed by atoms with Crippen LogP contribution in [0.5, 0.6) is 5.75 Å². The second kappa shape index (κ2) is 9.80. The van der Waals surface area contributed by atoms with Crippen LogP contribution in [0.2, 0.25) is 0 Å². The number of sulfonamides is 2. The first kappa shape index (κ1) is 25.2. The van der Waals surface area contributed by atoms with Crippen molar-refractivity contribution < 1.29 is 26.4 Å². The van der Waals surface area contributed by atoms with Crippen LogP contribution in [0.3, 0.4) is 0 Å². The molecule has 1 aliphatic rings. The minimum atomic E-state index is -3.86. The molecule has 1 unspecified atom stereocenters. The van der Waals surface area contributed by atoms with Gasteiger partial charge in [-0.2, -0.15) is 4.31 Å². The van der Waals surface area contributed by atoms with Gasteiger partial charge >= 0.3 is 0 Å². The van der Waals surface area contributed by atoms with Crippen molar-refractivity contribution in [1.29, 1.82) is 0 Å². The summed E-state index contributed by atoms with van der Waals surface area (Å²) in [4.78, 5) is 13.1. The summed E-state index contributed by atoms with van der Waals surface area (Å²) in [6.45, 7) is 3.89. The van der Waals surface area contributed by atoms with Gasteiger partial charge in [0.05, 0.1) is 17.9 Å². The zero-order chi connectivity index (χ0) is 24.4. The summed E-state index contributed by atoms with van der Waals surface area (Å²) in [5.41, 5.74) is 1.85. The molecule has 0 radical (unpaired) electrons. The molecule has 0 aliphatic carbocycles. The fourth-order valence-corrected chi connectivity index (χ4v) is 6.28. The number of amides is 1. The van der Waals surface area contributed by atoms with E-state index in [4.69, 9.17) is 4.74 Å². The van der Waals surface area contributed by atoms with Crippen molar-refractivity contribution in [3.63, 3.8) is 0 Å². The fraction of sp³-hybridized carbons (Fsp3) is 0.409. The highest BCUT2D eigenvalue weighted by Gasteiger charge is 2.35. The van der Waals surface area contributed by atoms with Crippen LogP contribution < -0.4 is 14.8 Å². The third-order valence-corrected chi connectivity index (χ3v) is 9.04. The Kier molecular flexibility index (Phi) is 7.47. The van der Waals surface area contributed by atoms with E-state index in [1.165, 1.54) is 30.6 Å². The molecule has 2 aromatic rings. The molecular weight excluding hydrogens is 466 g/mol. The van der Waals surface area contributed by atoms with E-state index in [0.717, 1.165) is 5.56 Å². The van der Waals surface area contributed by atoms with Crippen LogP contribution in [0.15, 0.2) is 46.2 Å². The van der Waals surface area contributed by atoms with Crippen molar-refractivity contribution in [3.8, 4) is 5.75 Å². The van der Waals surface area contributed by atoms with Gasteiger partial charge in [-0.3, -0.25) is 4.79 Å². The van der Waals surface area contributed by atoms with Crippen molar-refractivity contribution in [1.82, 2.24) is 9.03 Å². The molecule has 1 fully saturated rings. The van der Waals surface area contributed by atoms with Gasteiger partial charge in [0, 0.05) is 18.8 Å². The van der Waals surface area contributed by atoms with Crippen molar-refractivity contribution in [2.45, 2.75) is 36.5 Å². The molecule has 0 saturated carbocycles. The Labute approximate surface area is 195 Å². The molecule has 0 bridgehead atoms. The molecule has 180 valence electrons. The molecule has 1 aliphatic heterocycles. The highest BCUT2D eigenvalue weighted by Crippen LogP contribution is 2.31. The highest BCUT2D eigenvalue weighted by atomic mass is 32.2. The topological polar surface area (TPSA) is 122 Å². The van der Waals surface area contributed by atoms with E-state index in [9.17, 15) is 21.6 Å². The molecule has 3 rings (SSSR count). The third kappa shape index (κ3) is 5.37. The van der Waals surface area contributed by atoms with Gasteiger partial charge in [0.1, 0.15) is 10.6 Å². The van der Waals surface area contributed by atoms with Crippen LogP contribution in [-0.2, 0) is 24.8 Å². The Morgan fingerprint density at radius 1 is 1.09 bits per heavy atom. The van der Waals surface area contributed by atoms with Gasteiger partial charge in [0.25, 0.3) is 0 Å². The molecule has 1 saturated heterocycles. The quantitative estimate of drug-likeness (QED) is 0.608. The molecule has 9 nitrogen and oxygen atoms in total. The fourth-order valence-electron chi connectivity index (χ4n) is 3.75. The molecule has 1 amide bonds. The lowest BCUT2D eigenvalue weighted by Gasteiger charge is -2.31. The third-order valence-electron chi connectivity index (χ3n) is 5.74. The van der Waals surface area contributed by atoms with Crippen LogP contribution in [0.4, 0.5) is 5.69 Å². The molecule has 1 atom stereocenters. The van der Waals surface area contributed by atoms with Gasteiger partial charge in [0.15, 0.2) is 0 Å². The number of benzene rings is 2. The number of carbonyl (C=O) groups excluding carboxylic acids is 1. The predicted molar refractivity (Wildman–Crippen MR) is 125 cm³/mol. The van der Waals surface area contributed by atoms with Crippen LogP contribution >= 0.6 is 0 Å². The zero-order valence-corrected chi connectivity index (χ0v) is 20.7. The molecular formula is C22H29N3O6S2. The standard InChI is InChI=1S/C22H29N3O6S2/c1-15-7-10-20(31-4)21(12-15)33(29,30)25-11-5-6-17(14-25)22(26)24-19-13-18(9-8-16(19)2)32(27,28)23-3/h7-10,12-13,17,23H,5-6,11,14H2,1-4H3,(H,24,26). The summed E-state index contributed by atoms with van der Waals surface area (Å²) < 4.78 is 59.7. The zero-order valence-electron chi connectivity index (χ0n) is 19.1. The summed E-state index contributed by atoms with van der Waals surface area (Å²) in [6.07, 6.45) is 1.05. The van der Waals surface area contributed by atoms with Crippen molar-refractivity contribution >= 4 is 31.6 Å². The number of methoxy groups -OCH3 is 1. The number of aryl methyl sites for hydroxylation is 2. The Bertz CT molecular complexity index is 1260. The van der Waals surface area contributed by atoms with E-state index < -0.39 is 26.0 Å². The van der Waals surface area contributed by atoms with Gasteiger partial charge in [-0.1, -0.05) is 12.1 Å². The average Bonchev–Trinajstić information content (AvgIpc) is 2.80. The molecule has 2 aromatic carbocycles. The Hall–Kier alpha value is -2.47. The number of rotatable bonds is 7. The van der Waals surface area contributed by atoms with E-state index in [1.807, 2.05) is 0 Å². The SMILES string of the molecule is CNS(=O)(=O)c1ccc(C)c(NC(=O)C2CCCN(S(=O)(=O)c3cc(C)ccc3OC)C2)c1. The lowest BCUT2D eigenvalue weighted by atomic mass is 9.98. The minimum absolute atomic E-state index is 0.0266. The van der Waals surface area contributed by atoms with E-state index in [0.29, 0.717) is 30.6 Å². The number of hydrogen-bond acceptors (Lipinski definition) is 6. The number of piperidine rings is 1. The summed E-state index contributed by atoms with van der Waals surface area (Å²) in [7, 11) is -4.80. The van der Waals surface area contributed by atoms with Crippen molar-refractivity contribution in [3.05, 3.63) is 47.5 Å². The second-order valence-corrected chi connectivity index (χ2v) is 11.8. The van der Waals surface area contributed by atoms with Crippen LogP contribution in [0, 0.1) is 19.8 Å². The van der Waals surface area contributed by atoms with Gasteiger partial charge in [-0.05, 0) is 69.1 Å². The van der Waals surface area contributed by atoms with E-state index >= 15 is 0 Å². The largest absolute Gasteiger partial charge is 0.495 e. The van der Waals surface area contributed by atoms with Gasteiger partial charge < -0.3 is 10.1 Å². The van der Waals surface area contributed by atoms with E-state index in [2.05, 4.69) is 10.0 Å². The molecule has 0 spiro atoms. The monoisotopic (exact) mass is 495 g/mol. The molecule has 2 N–H and O–H groups in total. The Morgan fingerprint density at radius 2 is 1.82 bits per heavy atom. The number of anilines is 1. The lowest BCUT2D eigenvalue weighted by molar-refractivity contribution is -0.120. The highest BCUT2D eigenvalue weighted by molar-refractivity contribution is 7.89. The van der Waals surface area contributed by atoms with Gasteiger partial charge in [-0.25, -0.2) is 21.6 Å². The summed E-state index contributed by atoms with van der Waals surface area (Å²) in [6, 6.07) is 9.42. The van der Waals surface area contributed by atoms with Crippen LogP contribution in [0.25, 0.3) is 0 Å². The maximum Gasteiger partial charge on any atom is 0.246 e. The van der Waals surface area contributed by atoms with Crippen molar-refractivity contribution in [2.24, 2.45) is 5.92 Å². The molecule has 33 heavy (non-hydrogen) atoms. The Balaban J connectivity index is 1.82. The molecule has 0 aromatic heterocycles. The first-order valence-corrected chi connectivity index (χ1v) is 13.4. The number of nitrogens with zero attached hydrogens (tertiary/aromatic N) is 1. The van der Waals surface area contributed by atoms with Crippen LogP contribution in [0.1, 0.15) is 24.0 Å². The number of ether oxygens (including phenoxy) is 1. The molecule has 11 heteroatoms. The number of nitrogens with one attached hydrogen (secondary N) is 2. The van der Waals surface area contributed by atoms with E-state index in [1.54, 1.807) is 38.1 Å². The number of carbonyl (C=O) groups is 1. The van der Waals surface area contributed by atoms with Crippen molar-refractivity contribution in [2.75, 3.05) is 32.6 Å². The van der Waals surface area contributed by atoms with Crippen LogP contribution in [-0.4, -0.2) is 54.3 Å².